The average molecular weight is 488 g/mol. The molecule has 0 bridgehead atoms. The molecule has 2 heterocycles. The molecule has 0 saturated heterocycles. The fraction of sp³-hybridized carbons (Fsp3) is 0.412. The van der Waals surface area contributed by atoms with E-state index in [9.17, 15) is 4.79 Å². The van der Waals surface area contributed by atoms with E-state index in [2.05, 4.69) is 37.8 Å². The van der Waals surface area contributed by atoms with Crippen LogP contribution in [0.5, 0.6) is 0 Å². The third-order valence-corrected chi connectivity index (χ3v) is 4.42. The summed E-state index contributed by atoms with van der Waals surface area (Å²) in [6.07, 6.45) is 6.09. The summed E-state index contributed by atoms with van der Waals surface area (Å²) in [5.74, 6) is 0.582. The van der Waals surface area contributed by atoms with Gasteiger partial charge in [0.25, 0.3) is 5.91 Å². The van der Waals surface area contributed by atoms with E-state index in [4.69, 9.17) is 0 Å². The molecule has 0 unspecified atom stereocenters. The molecule has 26 heavy (non-hydrogen) atoms. The molecule has 0 radical (unpaired) electrons. The number of halogens is 1. The van der Waals surface area contributed by atoms with Crippen LogP contribution in [-0.2, 0) is 13.0 Å². The van der Waals surface area contributed by atoms with Gasteiger partial charge in [-0.1, -0.05) is 6.92 Å². The molecule has 9 heteroatoms. The number of aromatic nitrogens is 2. The van der Waals surface area contributed by atoms with Gasteiger partial charge in [-0.15, -0.1) is 35.3 Å². The van der Waals surface area contributed by atoms with E-state index < -0.39 is 0 Å². The predicted molar refractivity (Wildman–Crippen MR) is 116 cm³/mol. The maximum Gasteiger partial charge on any atom is 0.252 e. The SMILES string of the molecule is CCNC(=NCc1ncc(CC)s1)NCCNC(=O)c1cccnc1.I. The topological polar surface area (TPSA) is 91.3 Å². The van der Waals surface area contributed by atoms with E-state index in [0.717, 1.165) is 18.0 Å². The molecule has 1 amide bonds. The van der Waals surface area contributed by atoms with Crippen LogP contribution in [0, 0.1) is 0 Å². The van der Waals surface area contributed by atoms with Crippen molar-refractivity contribution in [2.45, 2.75) is 26.8 Å². The Morgan fingerprint density at radius 3 is 2.65 bits per heavy atom. The smallest absolute Gasteiger partial charge is 0.252 e. The van der Waals surface area contributed by atoms with Crippen LogP contribution in [0.25, 0.3) is 0 Å². The molecular weight excluding hydrogens is 463 g/mol. The number of carbonyl (C=O) groups is 1. The fourth-order valence-corrected chi connectivity index (χ4v) is 2.82. The monoisotopic (exact) mass is 488 g/mol. The number of rotatable bonds is 8. The van der Waals surface area contributed by atoms with E-state index in [-0.39, 0.29) is 29.9 Å². The molecule has 0 saturated carbocycles. The summed E-state index contributed by atoms with van der Waals surface area (Å²) in [7, 11) is 0. The Labute approximate surface area is 175 Å². The molecule has 0 aliphatic rings. The van der Waals surface area contributed by atoms with Crippen LogP contribution in [0.15, 0.2) is 35.7 Å². The molecule has 0 spiro atoms. The summed E-state index contributed by atoms with van der Waals surface area (Å²) in [5, 5.41) is 10.2. The summed E-state index contributed by atoms with van der Waals surface area (Å²) < 4.78 is 0. The zero-order valence-corrected chi connectivity index (χ0v) is 18.1. The van der Waals surface area contributed by atoms with Crippen LogP contribution in [0.2, 0.25) is 0 Å². The van der Waals surface area contributed by atoms with Crippen LogP contribution in [0.1, 0.15) is 34.1 Å². The third kappa shape index (κ3) is 7.65. The first-order valence-corrected chi connectivity index (χ1v) is 9.18. The first-order valence-electron chi connectivity index (χ1n) is 8.37. The lowest BCUT2D eigenvalue weighted by Gasteiger charge is -2.11. The second-order valence-electron chi connectivity index (χ2n) is 5.19. The van der Waals surface area contributed by atoms with Crippen molar-refractivity contribution in [2.24, 2.45) is 4.99 Å². The van der Waals surface area contributed by atoms with E-state index in [0.29, 0.717) is 31.2 Å². The number of hydrogen-bond donors (Lipinski definition) is 3. The molecule has 2 aromatic rings. The number of thiazole rings is 1. The Morgan fingerprint density at radius 1 is 1.19 bits per heavy atom. The normalized spacial score (nSPS) is 10.8. The van der Waals surface area contributed by atoms with Gasteiger partial charge in [0.1, 0.15) is 5.01 Å². The Hall–Kier alpha value is -1.75. The van der Waals surface area contributed by atoms with Gasteiger partial charge in [0.05, 0.1) is 12.1 Å². The zero-order valence-electron chi connectivity index (χ0n) is 15.0. The van der Waals surface area contributed by atoms with Gasteiger partial charge in [-0.3, -0.25) is 9.78 Å². The standard InChI is InChI=1S/C17H24N6OS.HI/c1-3-14-11-22-15(25-14)12-23-17(19-4-2)21-9-8-20-16(24)13-6-5-7-18-10-13;/h5-7,10-11H,3-4,8-9,12H2,1-2H3,(H,20,24)(H2,19,21,23);1H. The lowest BCUT2D eigenvalue weighted by atomic mass is 10.3. The average Bonchev–Trinajstić information content (AvgIpc) is 3.11. The van der Waals surface area contributed by atoms with Crippen molar-refractivity contribution < 1.29 is 4.79 Å². The van der Waals surface area contributed by atoms with Gasteiger partial charge in [-0.25, -0.2) is 9.98 Å². The minimum absolute atomic E-state index is 0. The minimum atomic E-state index is -0.133. The van der Waals surface area contributed by atoms with Crippen molar-refractivity contribution in [3.63, 3.8) is 0 Å². The fourth-order valence-electron chi connectivity index (χ4n) is 2.03. The maximum atomic E-state index is 11.9. The minimum Gasteiger partial charge on any atom is -0.357 e. The van der Waals surface area contributed by atoms with Crippen molar-refractivity contribution in [3.8, 4) is 0 Å². The van der Waals surface area contributed by atoms with Gasteiger partial charge >= 0.3 is 0 Å². The molecule has 7 nitrogen and oxygen atoms in total. The maximum absolute atomic E-state index is 11.9. The largest absolute Gasteiger partial charge is 0.357 e. The first-order chi connectivity index (χ1) is 12.2. The highest BCUT2D eigenvalue weighted by Gasteiger charge is 2.04. The number of guanidine groups is 1. The summed E-state index contributed by atoms with van der Waals surface area (Å²) in [6, 6.07) is 3.48. The Bertz CT molecular complexity index is 692. The van der Waals surface area contributed by atoms with E-state index in [1.54, 1.807) is 35.9 Å². The molecule has 3 N–H and O–H groups in total. The quantitative estimate of drug-likeness (QED) is 0.230. The van der Waals surface area contributed by atoms with Gasteiger partial charge < -0.3 is 16.0 Å². The van der Waals surface area contributed by atoms with Crippen LogP contribution >= 0.6 is 35.3 Å². The molecule has 0 aromatic carbocycles. The van der Waals surface area contributed by atoms with E-state index in [1.165, 1.54) is 4.88 Å². The summed E-state index contributed by atoms with van der Waals surface area (Å²) in [4.78, 5) is 26.0. The zero-order chi connectivity index (χ0) is 17.9. The highest BCUT2D eigenvalue weighted by Crippen LogP contribution is 2.13. The Kier molecular flexibility index (Phi) is 10.8. The second kappa shape index (κ2) is 12.6. The lowest BCUT2D eigenvalue weighted by molar-refractivity contribution is 0.0954. The van der Waals surface area contributed by atoms with Gasteiger partial charge in [0.15, 0.2) is 5.96 Å². The summed E-state index contributed by atoms with van der Waals surface area (Å²) >= 11 is 1.69. The van der Waals surface area contributed by atoms with E-state index in [1.807, 2.05) is 13.1 Å². The Balaban J connectivity index is 0.00000338. The van der Waals surface area contributed by atoms with Crippen molar-refractivity contribution in [3.05, 3.63) is 46.2 Å². The Morgan fingerprint density at radius 2 is 2.00 bits per heavy atom. The molecule has 0 atom stereocenters. The molecule has 0 fully saturated rings. The highest BCUT2D eigenvalue weighted by atomic mass is 127. The number of amides is 1. The lowest BCUT2D eigenvalue weighted by Crippen LogP contribution is -2.41. The van der Waals surface area contributed by atoms with Crippen LogP contribution in [0.4, 0.5) is 0 Å². The van der Waals surface area contributed by atoms with Gasteiger partial charge in [-0.05, 0) is 25.5 Å². The van der Waals surface area contributed by atoms with Crippen LogP contribution in [0.3, 0.4) is 0 Å². The van der Waals surface area contributed by atoms with Crippen LogP contribution in [-0.4, -0.2) is 41.5 Å². The molecule has 2 rings (SSSR count). The third-order valence-electron chi connectivity index (χ3n) is 3.29. The second-order valence-corrected chi connectivity index (χ2v) is 6.39. The predicted octanol–water partition coefficient (Wildman–Crippen LogP) is 2.20. The molecule has 0 aliphatic heterocycles. The molecule has 0 aliphatic carbocycles. The number of pyridine rings is 1. The van der Waals surface area contributed by atoms with Gasteiger partial charge in [0.2, 0.25) is 0 Å². The van der Waals surface area contributed by atoms with Gasteiger partial charge in [0, 0.05) is 43.1 Å². The number of carbonyl (C=O) groups excluding carboxylic acids is 1. The van der Waals surface area contributed by atoms with Crippen molar-refractivity contribution >= 4 is 47.2 Å². The van der Waals surface area contributed by atoms with E-state index >= 15 is 0 Å². The number of aliphatic imine (C=N–C) groups is 1. The number of hydrogen-bond acceptors (Lipinski definition) is 5. The summed E-state index contributed by atoms with van der Waals surface area (Å²) in [5.41, 5.74) is 0.554. The summed E-state index contributed by atoms with van der Waals surface area (Å²) in [6.45, 7) is 6.52. The van der Waals surface area contributed by atoms with Crippen molar-refractivity contribution in [2.75, 3.05) is 19.6 Å². The number of nitrogens with one attached hydrogen (secondary N) is 3. The van der Waals surface area contributed by atoms with Crippen molar-refractivity contribution in [1.29, 1.82) is 0 Å². The molecule has 2 aromatic heterocycles. The van der Waals surface area contributed by atoms with Crippen LogP contribution < -0.4 is 16.0 Å². The molecule has 142 valence electrons. The number of aryl methyl sites for hydroxylation is 1. The first kappa shape index (κ1) is 22.3. The number of nitrogens with zero attached hydrogens (tertiary/aromatic N) is 3. The highest BCUT2D eigenvalue weighted by molar-refractivity contribution is 14.0. The van der Waals surface area contributed by atoms with Crippen molar-refractivity contribution in [1.82, 2.24) is 25.9 Å². The molecular formula is C17H25IN6OS. The van der Waals surface area contributed by atoms with Gasteiger partial charge in [-0.2, -0.15) is 0 Å².